The van der Waals surface area contributed by atoms with E-state index in [0.717, 1.165) is 23.5 Å². The zero-order valence-electron chi connectivity index (χ0n) is 16.0. The van der Waals surface area contributed by atoms with E-state index in [1.54, 1.807) is 4.57 Å². The lowest BCUT2D eigenvalue weighted by Gasteiger charge is -2.12. The van der Waals surface area contributed by atoms with Crippen LogP contribution in [0.4, 0.5) is 0 Å². The van der Waals surface area contributed by atoms with Crippen molar-refractivity contribution in [3.8, 4) is 5.69 Å². The fourth-order valence-electron chi connectivity index (χ4n) is 3.23. The van der Waals surface area contributed by atoms with Gasteiger partial charge in [0.05, 0.1) is 5.25 Å². The number of aromatic amines is 1. The summed E-state index contributed by atoms with van der Waals surface area (Å²) < 4.78 is 3.67. The van der Waals surface area contributed by atoms with Gasteiger partial charge in [-0.2, -0.15) is 0 Å². The number of H-pyrrole nitrogens is 1. The molecule has 0 aliphatic heterocycles. The number of benzene rings is 1. The third-order valence-electron chi connectivity index (χ3n) is 4.53. The molecule has 142 valence electrons. The maximum absolute atomic E-state index is 13.1. The maximum Gasteiger partial charge on any atom is 0.343 e. The maximum atomic E-state index is 13.1. The molecule has 0 aliphatic carbocycles. The lowest BCUT2D eigenvalue weighted by Crippen LogP contribution is -2.19. The van der Waals surface area contributed by atoms with Crippen molar-refractivity contribution in [2.45, 2.75) is 51.1 Å². The van der Waals surface area contributed by atoms with E-state index >= 15 is 0 Å². The molecule has 0 spiro atoms. The van der Waals surface area contributed by atoms with Crippen molar-refractivity contribution in [3.63, 3.8) is 0 Å². The summed E-state index contributed by atoms with van der Waals surface area (Å²) in [7, 11) is 0. The predicted octanol–water partition coefficient (Wildman–Crippen LogP) is 3.75. The van der Waals surface area contributed by atoms with Crippen LogP contribution in [0.5, 0.6) is 0 Å². The lowest BCUT2D eigenvalue weighted by atomic mass is 10.1. The van der Waals surface area contributed by atoms with Gasteiger partial charge in [-0.05, 0) is 45.4 Å². The first-order valence-electron chi connectivity index (χ1n) is 9.04. The van der Waals surface area contributed by atoms with Crippen LogP contribution >= 0.6 is 11.8 Å². The summed E-state index contributed by atoms with van der Waals surface area (Å²) in [5.74, 6) is 0.0359. The number of thioether (sulfide) groups is 1. The van der Waals surface area contributed by atoms with Crippen LogP contribution in [0.15, 0.2) is 46.3 Å². The summed E-state index contributed by atoms with van der Waals surface area (Å²) in [6.07, 6.45) is 0.827. The van der Waals surface area contributed by atoms with E-state index in [1.165, 1.54) is 11.8 Å². The number of hydrogen-bond donors (Lipinski definition) is 1. The molecule has 0 aliphatic rings. The van der Waals surface area contributed by atoms with Crippen molar-refractivity contribution in [3.05, 3.63) is 63.8 Å². The van der Waals surface area contributed by atoms with Crippen molar-refractivity contribution in [1.82, 2.24) is 19.3 Å². The van der Waals surface area contributed by atoms with Crippen molar-refractivity contribution in [2.24, 2.45) is 0 Å². The van der Waals surface area contributed by atoms with Crippen LogP contribution in [-0.4, -0.2) is 30.4 Å². The first-order valence-corrected chi connectivity index (χ1v) is 9.92. The number of aromatic nitrogens is 4. The Kier molecular flexibility index (Phi) is 5.70. The number of aryl methyl sites for hydroxylation is 1. The second-order valence-electron chi connectivity index (χ2n) is 6.54. The summed E-state index contributed by atoms with van der Waals surface area (Å²) in [4.78, 5) is 24.9. The van der Waals surface area contributed by atoms with Gasteiger partial charge in [-0.3, -0.25) is 9.36 Å². The minimum absolute atomic E-state index is 0.0359. The van der Waals surface area contributed by atoms with Crippen LogP contribution in [0.3, 0.4) is 0 Å². The monoisotopic (exact) mass is 384 g/mol. The van der Waals surface area contributed by atoms with Crippen molar-refractivity contribution >= 4 is 17.5 Å². The largest absolute Gasteiger partial charge is 0.343 e. The smallest absolute Gasteiger partial charge is 0.318 e. The van der Waals surface area contributed by atoms with E-state index in [2.05, 4.69) is 14.8 Å². The van der Waals surface area contributed by atoms with E-state index < -0.39 is 0 Å². The molecule has 0 bridgehead atoms. The molecule has 0 unspecified atom stereocenters. The number of carbonyl (C=O) groups is 1. The SMILES string of the molecule is CCCn1c(S[C@H](C)C(=O)c2cc(C)n(-c3ccccc3)c2C)n[nH]c1=O. The number of Topliss-reactive ketones (excluding diaryl/α,β-unsaturated/α-hetero) is 1. The normalized spacial score (nSPS) is 12.3. The highest BCUT2D eigenvalue weighted by Crippen LogP contribution is 2.27. The van der Waals surface area contributed by atoms with Gasteiger partial charge >= 0.3 is 5.69 Å². The molecule has 0 saturated carbocycles. The Morgan fingerprint density at radius 3 is 2.63 bits per heavy atom. The van der Waals surface area contributed by atoms with Crippen LogP contribution in [0.2, 0.25) is 0 Å². The Hall–Kier alpha value is -2.54. The highest BCUT2D eigenvalue weighted by molar-refractivity contribution is 8.00. The van der Waals surface area contributed by atoms with Gasteiger partial charge in [0.2, 0.25) is 0 Å². The molecule has 6 nitrogen and oxygen atoms in total. The van der Waals surface area contributed by atoms with Crippen LogP contribution in [0, 0.1) is 13.8 Å². The standard InChI is InChI=1S/C20H24N4O2S/c1-5-11-23-19(26)21-22-20(23)27-15(4)18(25)17-12-13(2)24(14(17)3)16-9-7-6-8-10-16/h6-10,12,15H,5,11H2,1-4H3,(H,21,26)/t15-/m1/s1. The number of para-hydroxylation sites is 1. The van der Waals surface area contributed by atoms with Crippen molar-refractivity contribution < 1.29 is 4.79 Å². The summed E-state index contributed by atoms with van der Waals surface area (Å²) >= 11 is 1.32. The molecule has 0 amide bonds. The average molecular weight is 385 g/mol. The second kappa shape index (κ2) is 8.00. The zero-order chi connectivity index (χ0) is 19.6. The first-order chi connectivity index (χ1) is 12.9. The number of rotatable bonds is 7. The fourth-order valence-corrected chi connectivity index (χ4v) is 4.18. The van der Waals surface area contributed by atoms with Gasteiger partial charge in [0.1, 0.15) is 0 Å². The van der Waals surface area contributed by atoms with Crippen molar-refractivity contribution in [2.75, 3.05) is 0 Å². The molecular weight excluding hydrogens is 360 g/mol. The van der Waals surface area contributed by atoms with Crippen LogP contribution in [-0.2, 0) is 6.54 Å². The van der Waals surface area contributed by atoms with Gasteiger partial charge in [0.25, 0.3) is 0 Å². The minimum atomic E-state index is -0.347. The second-order valence-corrected chi connectivity index (χ2v) is 7.85. The van der Waals surface area contributed by atoms with Crippen LogP contribution in [0.1, 0.15) is 42.0 Å². The minimum Gasteiger partial charge on any atom is -0.318 e. The number of carbonyl (C=O) groups excluding carboxylic acids is 1. The molecule has 0 radical (unpaired) electrons. The number of hydrogen-bond acceptors (Lipinski definition) is 4. The van der Waals surface area contributed by atoms with E-state index in [4.69, 9.17) is 0 Å². The van der Waals surface area contributed by atoms with E-state index in [9.17, 15) is 9.59 Å². The summed E-state index contributed by atoms with van der Waals surface area (Å²) in [6, 6.07) is 11.9. The predicted molar refractivity (Wildman–Crippen MR) is 108 cm³/mol. The summed E-state index contributed by atoms with van der Waals surface area (Å²) in [5, 5.41) is 6.76. The van der Waals surface area contributed by atoms with Gasteiger partial charge < -0.3 is 4.57 Å². The molecule has 3 aromatic rings. The van der Waals surface area contributed by atoms with E-state index in [-0.39, 0.29) is 16.7 Å². The molecule has 2 aromatic heterocycles. The zero-order valence-corrected chi connectivity index (χ0v) is 16.8. The lowest BCUT2D eigenvalue weighted by molar-refractivity contribution is 0.0993. The van der Waals surface area contributed by atoms with Gasteiger partial charge in [0, 0.05) is 29.2 Å². The Morgan fingerprint density at radius 1 is 1.26 bits per heavy atom. The quantitative estimate of drug-likeness (QED) is 0.497. The first kappa shape index (κ1) is 19.2. The third-order valence-corrected chi connectivity index (χ3v) is 5.62. The molecule has 27 heavy (non-hydrogen) atoms. The molecular formula is C20H24N4O2S. The van der Waals surface area contributed by atoms with Gasteiger partial charge in [-0.25, -0.2) is 9.89 Å². The van der Waals surface area contributed by atoms with Crippen LogP contribution in [0.25, 0.3) is 5.69 Å². The molecule has 1 atom stereocenters. The Bertz CT molecular complexity index is 1000. The topological polar surface area (TPSA) is 72.7 Å². The molecule has 7 heteroatoms. The third kappa shape index (κ3) is 3.78. The number of nitrogens with zero attached hydrogens (tertiary/aromatic N) is 3. The molecule has 0 fully saturated rings. The Labute approximate surface area is 162 Å². The summed E-state index contributed by atoms with van der Waals surface area (Å²) in [5.41, 5.74) is 3.44. The average Bonchev–Trinajstić information content (AvgIpc) is 3.15. The molecule has 1 aromatic carbocycles. The molecule has 0 saturated heterocycles. The van der Waals surface area contributed by atoms with Gasteiger partial charge in [0.15, 0.2) is 10.9 Å². The fraction of sp³-hybridized carbons (Fsp3) is 0.350. The van der Waals surface area contributed by atoms with E-state index in [1.807, 2.05) is 64.1 Å². The number of ketones is 1. The molecule has 2 heterocycles. The Balaban J connectivity index is 1.87. The van der Waals surface area contributed by atoms with E-state index in [0.29, 0.717) is 17.3 Å². The molecule has 1 N–H and O–H groups in total. The highest BCUT2D eigenvalue weighted by Gasteiger charge is 2.24. The van der Waals surface area contributed by atoms with Crippen LogP contribution < -0.4 is 5.69 Å². The molecule has 3 rings (SSSR count). The Morgan fingerprint density at radius 2 is 1.96 bits per heavy atom. The van der Waals surface area contributed by atoms with Crippen molar-refractivity contribution in [1.29, 1.82) is 0 Å². The summed E-state index contributed by atoms with van der Waals surface area (Å²) in [6.45, 7) is 8.41. The number of nitrogens with one attached hydrogen (secondary N) is 1. The van der Waals surface area contributed by atoms with Gasteiger partial charge in [-0.1, -0.05) is 36.9 Å². The van der Waals surface area contributed by atoms with Gasteiger partial charge in [-0.15, -0.1) is 5.10 Å². The highest BCUT2D eigenvalue weighted by atomic mass is 32.2.